The molecule has 0 spiro atoms. The molecular weight excluding hydrogens is 320 g/mol. The topological polar surface area (TPSA) is 81.3 Å². The van der Waals surface area contributed by atoms with Crippen LogP contribution >= 0.6 is 0 Å². The lowest BCUT2D eigenvalue weighted by Gasteiger charge is -2.04. The van der Waals surface area contributed by atoms with Gasteiger partial charge in [0.15, 0.2) is 12.4 Å². The van der Waals surface area contributed by atoms with Gasteiger partial charge in [-0.05, 0) is 18.2 Å². The van der Waals surface area contributed by atoms with Crippen molar-refractivity contribution in [2.45, 2.75) is 0 Å². The zero-order valence-corrected chi connectivity index (χ0v) is 13.6. The van der Waals surface area contributed by atoms with Crippen LogP contribution in [-0.4, -0.2) is 35.7 Å². The molecule has 3 aromatic rings. The number of benzene rings is 2. The normalized spacial score (nSPS) is 10.3. The van der Waals surface area contributed by atoms with Gasteiger partial charge in [0.25, 0.3) is 0 Å². The molecule has 0 saturated heterocycles. The first-order chi connectivity index (χ1) is 12.2. The molecule has 126 valence electrons. The van der Waals surface area contributed by atoms with Crippen molar-refractivity contribution in [2.75, 3.05) is 13.7 Å². The van der Waals surface area contributed by atoms with E-state index in [1.165, 1.54) is 7.11 Å². The van der Waals surface area contributed by atoms with Gasteiger partial charge in [-0.15, -0.1) is 0 Å². The third kappa shape index (κ3) is 3.92. The molecule has 6 nitrogen and oxygen atoms in total. The van der Waals surface area contributed by atoms with E-state index in [2.05, 4.69) is 10.2 Å². The predicted molar refractivity (Wildman–Crippen MR) is 91.6 cm³/mol. The number of nitrogens with zero attached hydrogens (tertiary/aromatic N) is 1. The number of ketones is 1. The molecule has 1 aromatic heterocycles. The molecule has 0 aliphatic rings. The number of hydrogen-bond donors (Lipinski definition) is 1. The Morgan fingerprint density at radius 2 is 1.84 bits per heavy atom. The largest absolute Gasteiger partial charge is 0.497 e. The first-order valence-corrected chi connectivity index (χ1v) is 7.62. The molecule has 0 fully saturated rings. The van der Waals surface area contributed by atoms with E-state index in [-0.39, 0.29) is 18.1 Å². The summed E-state index contributed by atoms with van der Waals surface area (Å²) < 4.78 is 10.1. The Kier molecular flexibility index (Phi) is 4.89. The second-order valence-corrected chi connectivity index (χ2v) is 5.26. The van der Waals surface area contributed by atoms with Gasteiger partial charge in [0.05, 0.1) is 12.8 Å². The van der Waals surface area contributed by atoms with Crippen molar-refractivity contribution in [1.29, 1.82) is 0 Å². The van der Waals surface area contributed by atoms with E-state index >= 15 is 0 Å². The van der Waals surface area contributed by atoms with Gasteiger partial charge >= 0.3 is 5.97 Å². The Labute approximate surface area is 144 Å². The third-order valence-corrected chi connectivity index (χ3v) is 3.59. The van der Waals surface area contributed by atoms with Crippen molar-refractivity contribution in [3.63, 3.8) is 0 Å². The van der Waals surface area contributed by atoms with E-state index in [4.69, 9.17) is 9.47 Å². The fourth-order valence-corrected chi connectivity index (χ4v) is 2.27. The maximum Gasteiger partial charge on any atom is 0.356 e. The van der Waals surface area contributed by atoms with Crippen molar-refractivity contribution < 1.29 is 19.1 Å². The number of methoxy groups -OCH3 is 1. The van der Waals surface area contributed by atoms with E-state index < -0.39 is 5.97 Å². The molecule has 3 rings (SSSR count). The summed E-state index contributed by atoms with van der Waals surface area (Å²) in [7, 11) is 1.52. The molecule has 0 atom stereocenters. The summed E-state index contributed by atoms with van der Waals surface area (Å²) in [5, 5.41) is 6.72. The number of ether oxygens (including phenoxy) is 2. The molecule has 0 bridgehead atoms. The van der Waals surface area contributed by atoms with Gasteiger partial charge in [-0.25, -0.2) is 4.79 Å². The van der Waals surface area contributed by atoms with Crippen LogP contribution < -0.4 is 4.74 Å². The number of hydrogen-bond acceptors (Lipinski definition) is 5. The number of H-pyrrole nitrogens is 1. The lowest BCUT2D eigenvalue weighted by Crippen LogP contribution is -2.14. The van der Waals surface area contributed by atoms with Crippen molar-refractivity contribution >= 4 is 11.8 Å². The average molecular weight is 336 g/mol. The Hall–Kier alpha value is -3.41. The molecule has 0 saturated carbocycles. The summed E-state index contributed by atoms with van der Waals surface area (Å²) in [5.41, 5.74) is 2.12. The standard InChI is InChI=1S/C19H16N2O4/c1-24-15-9-5-8-14(10-15)18(22)12-25-19(23)17-11-16(20-21-17)13-6-3-2-4-7-13/h2-11H,12H2,1H3,(H,20,21). The fourth-order valence-electron chi connectivity index (χ4n) is 2.27. The highest BCUT2D eigenvalue weighted by atomic mass is 16.5. The van der Waals surface area contributed by atoms with Gasteiger partial charge in [0, 0.05) is 11.1 Å². The highest BCUT2D eigenvalue weighted by Gasteiger charge is 2.15. The molecule has 0 radical (unpaired) electrons. The van der Waals surface area contributed by atoms with Crippen LogP contribution in [0.15, 0.2) is 60.7 Å². The van der Waals surface area contributed by atoms with Crippen LogP contribution in [0.5, 0.6) is 5.75 Å². The monoisotopic (exact) mass is 336 g/mol. The molecule has 1 heterocycles. The molecule has 0 unspecified atom stereocenters. The van der Waals surface area contributed by atoms with Crippen LogP contribution in [0.4, 0.5) is 0 Å². The van der Waals surface area contributed by atoms with Crippen LogP contribution in [0.2, 0.25) is 0 Å². The minimum Gasteiger partial charge on any atom is -0.497 e. The Morgan fingerprint density at radius 1 is 1.04 bits per heavy atom. The van der Waals surface area contributed by atoms with Crippen LogP contribution in [-0.2, 0) is 4.74 Å². The molecule has 0 amide bonds. The Morgan fingerprint density at radius 3 is 2.60 bits per heavy atom. The number of carbonyl (C=O) groups is 2. The number of aromatic amines is 1. The molecule has 6 heteroatoms. The van der Waals surface area contributed by atoms with Crippen LogP contribution in [0, 0.1) is 0 Å². The number of Topliss-reactive ketones (excluding diaryl/α,β-unsaturated/α-hetero) is 1. The molecule has 1 N–H and O–H groups in total. The first kappa shape index (κ1) is 16.4. The second kappa shape index (κ2) is 7.44. The van der Waals surface area contributed by atoms with E-state index in [9.17, 15) is 9.59 Å². The van der Waals surface area contributed by atoms with Crippen molar-refractivity contribution in [3.8, 4) is 17.0 Å². The lowest BCUT2D eigenvalue weighted by atomic mass is 10.1. The summed E-state index contributed by atoms with van der Waals surface area (Å²) in [5.74, 6) is -0.376. The van der Waals surface area contributed by atoms with Gasteiger partial charge in [-0.2, -0.15) is 5.10 Å². The van der Waals surface area contributed by atoms with E-state index in [0.717, 1.165) is 5.56 Å². The minimum atomic E-state index is -0.633. The highest BCUT2D eigenvalue weighted by molar-refractivity contribution is 5.99. The molecule has 0 aliphatic heterocycles. The summed E-state index contributed by atoms with van der Waals surface area (Å²) >= 11 is 0. The van der Waals surface area contributed by atoms with E-state index in [1.807, 2.05) is 30.3 Å². The highest BCUT2D eigenvalue weighted by Crippen LogP contribution is 2.17. The number of aromatic nitrogens is 2. The lowest BCUT2D eigenvalue weighted by molar-refractivity contribution is 0.0469. The molecule has 2 aromatic carbocycles. The van der Waals surface area contributed by atoms with Crippen molar-refractivity contribution in [2.24, 2.45) is 0 Å². The number of nitrogens with one attached hydrogen (secondary N) is 1. The minimum absolute atomic E-state index is 0.192. The maximum absolute atomic E-state index is 12.1. The molecular formula is C19H16N2O4. The smallest absolute Gasteiger partial charge is 0.356 e. The fraction of sp³-hybridized carbons (Fsp3) is 0.105. The van der Waals surface area contributed by atoms with Gasteiger partial charge in [0.2, 0.25) is 0 Å². The quantitative estimate of drug-likeness (QED) is 0.552. The van der Waals surface area contributed by atoms with Crippen LogP contribution in [0.25, 0.3) is 11.3 Å². The van der Waals surface area contributed by atoms with Gasteiger partial charge in [-0.3, -0.25) is 9.89 Å². The van der Waals surface area contributed by atoms with Crippen LogP contribution in [0.1, 0.15) is 20.8 Å². The number of esters is 1. The van der Waals surface area contributed by atoms with Crippen LogP contribution in [0.3, 0.4) is 0 Å². The van der Waals surface area contributed by atoms with Gasteiger partial charge in [0.1, 0.15) is 11.4 Å². The van der Waals surface area contributed by atoms with E-state index in [0.29, 0.717) is 17.0 Å². The van der Waals surface area contributed by atoms with E-state index in [1.54, 1.807) is 30.3 Å². The number of carbonyl (C=O) groups excluding carboxylic acids is 2. The van der Waals surface area contributed by atoms with Crippen molar-refractivity contribution in [3.05, 3.63) is 71.9 Å². The average Bonchev–Trinajstić information content (AvgIpc) is 3.17. The summed E-state index contributed by atoms with van der Waals surface area (Å²) in [6, 6.07) is 17.7. The summed E-state index contributed by atoms with van der Waals surface area (Å²) in [6.45, 7) is -0.355. The first-order valence-electron chi connectivity index (χ1n) is 7.62. The maximum atomic E-state index is 12.1. The molecule has 0 aliphatic carbocycles. The van der Waals surface area contributed by atoms with Crippen molar-refractivity contribution in [1.82, 2.24) is 10.2 Å². The molecule has 25 heavy (non-hydrogen) atoms. The van der Waals surface area contributed by atoms with Gasteiger partial charge < -0.3 is 9.47 Å². The zero-order valence-electron chi connectivity index (χ0n) is 13.6. The predicted octanol–water partition coefficient (Wildman–Crippen LogP) is 3.13. The Balaban J connectivity index is 1.63. The number of rotatable bonds is 6. The van der Waals surface area contributed by atoms with Gasteiger partial charge in [-0.1, -0.05) is 42.5 Å². The third-order valence-electron chi connectivity index (χ3n) is 3.59. The second-order valence-electron chi connectivity index (χ2n) is 5.26. The summed E-state index contributed by atoms with van der Waals surface area (Å²) in [4.78, 5) is 24.2. The Bertz CT molecular complexity index is 887. The summed E-state index contributed by atoms with van der Waals surface area (Å²) in [6.07, 6.45) is 0. The SMILES string of the molecule is COc1cccc(C(=O)COC(=O)c2cc(-c3ccccc3)n[nH]2)c1. The zero-order chi connectivity index (χ0) is 17.6.